The zero-order valence-corrected chi connectivity index (χ0v) is 22.2. The van der Waals surface area contributed by atoms with E-state index < -0.39 is 21.8 Å². The number of benzene rings is 1. The van der Waals surface area contributed by atoms with Gasteiger partial charge in [-0.25, -0.2) is 8.42 Å². The van der Waals surface area contributed by atoms with E-state index in [9.17, 15) is 18.0 Å². The highest BCUT2D eigenvalue weighted by atomic mass is 32.2. The van der Waals surface area contributed by atoms with Crippen molar-refractivity contribution < 1.29 is 22.7 Å². The van der Waals surface area contributed by atoms with Crippen LogP contribution in [-0.4, -0.2) is 71.4 Å². The number of allylic oxidation sites excluding steroid dienone is 1. The zero-order valence-electron chi connectivity index (χ0n) is 20.6. The highest BCUT2D eigenvalue weighted by Gasteiger charge is 2.27. The number of aromatic nitrogens is 3. The van der Waals surface area contributed by atoms with Gasteiger partial charge in [-0.05, 0) is 31.0 Å². The standard InChI is InChI=1S/C24H32N6O5S2/c1-2-11-30-22(18-7-4-3-5-8-18)26-28-24(30)36-17-21(31)25-27-23(32)19-9-6-10-20(16-19)37(33,34)29-12-14-35-15-13-29/h2,6,9-10,16,18H,1,3-5,7-8,11-15,17H2,(H,25,31)(H,27,32). The van der Waals surface area contributed by atoms with Crippen LogP contribution in [0.1, 0.15) is 54.2 Å². The number of amides is 2. The Bertz CT molecular complexity index is 1220. The Labute approximate surface area is 221 Å². The van der Waals surface area contributed by atoms with Crippen LogP contribution < -0.4 is 10.9 Å². The van der Waals surface area contributed by atoms with Crippen molar-refractivity contribution in [3.05, 3.63) is 48.3 Å². The van der Waals surface area contributed by atoms with Gasteiger partial charge in [-0.3, -0.25) is 20.4 Å². The van der Waals surface area contributed by atoms with E-state index in [1.807, 2.05) is 4.57 Å². The maximum atomic E-state index is 12.9. The van der Waals surface area contributed by atoms with Crippen molar-refractivity contribution in [2.45, 2.75) is 54.6 Å². The molecule has 1 aromatic heterocycles. The topological polar surface area (TPSA) is 136 Å². The van der Waals surface area contributed by atoms with Gasteiger partial charge in [0.05, 0.1) is 23.9 Å². The Kier molecular flexibility index (Phi) is 9.35. The van der Waals surface area contributed by atoms with E-state index in [0.717, 1.165) is 18.7 Å². The molecule has 2 amide bonds. The monoisotopic (exact) mass is 548 g/mol. The van der Waals surface area contributed by atoms with Crippen molar-refractivity contribution in [3.63, 3.8) is 0 Å². The molecule has 2 aromatic rings. The first-order valence-corrected chi connectivity index (χ1v) is 14.8. The first kappa shape index (κ1) is 27.3. The summed E-state index contributed by atoms with van der Waals surface area (Å²) in [6, 6.07) is 5.72. The number of nitrogens with zero attached hydrogens (tertiary/aromatic N) is 4. The first-order valence-electron chi connectivity index (χ1n) is 12.3. The van der Waals surface area contributed by atoms with Gasteiger partial charge < -0.3 is 9.30 Å². The smallest absolute Gasteiger partial charge is 0.269 e. The number of thioether (sulfide) groups is 1. The third-order valence-corrected chi connectivity index (χ3v) is 9.24. The Balaban J connectivity index is 1.32. The summed E-state index contributed by atoms with van der Waals surface area (Å²) in [6.45, 7) is 5.56. The normalized spacial score (nSPS) is 17.3. The average Bonchev–Trinajstić information content (AvgIpc) is 3.34. The van der Waals surface area contributed by atoms with E-state index in [-0.39, 0.29) is 29.3 Å². The molecule has 2 N–H and O–H groups in total. The molecule has 2 aliphatic rings. The lowest BCUT2D eigenvalue weighted by atomic mass is 9.89. The second kappa shape index (κ2) is 12.7. The Morgan fingerprint density at radius 1 is 1.14 bits per heavy atom. The van der Waals surface area contributed by atoms with E-state index in [4.69, 9.17) is 4.74 Å². The number of morpholine rings is 1. The van der Waals surface area contributed by atoms with Crippen molar-refractivity contribution >= 4 is 33.6 Å². The SMILES string of the molecule is C=CCn1c(SCC(=O)NNC(=O)c2cccc(S(=O)(=O)N3CCOCC3)c2)nnc1C1CCCCC1. The minimum absolute atomic E-state index is 0.0132. The molecule has 1 aliphatic heterocycles. The van der Waals surface area contributed by atoms with Crippen LogP contribution in [0.25, 0.3) is 0 Å². The van der Waals surface area contributed by atoms with Crippen LogP contribution in [0, 0.1) is 0 Å². The largest absolute Gasteiger partial charge is 0.379 e. The fourth-order valence-electron chi connectivity index (χ4n) is 4.47. The van der Waals surface area contributed by atoms with Gasteiger partial charge >= 0.3 is 0 Å². The van der Waals surface area contributed by atoms with Gasteiger partial charge in [-0.1, -0.05) is 43.2 Å². The summed E-state index contributed by atoms with van der Waals surface area (Å²) in [6.07, 6.45) is 7.56. The Hall–Kier alpha value is -2.74. The summed E-state index contributed by atoms with van der Waals surface area (Å²) in [5.41, 5.74) is 4.85. The molecule has 2 heterocycles. The molecule has 200 valence electrons. The number of hydrogen-bond donors (Lipinski definition) is 2. The lowest BCUT2D eigenvalue weighted by molar-refractivity contribution is -0.119. The number of hydrogen-bond acceptors (Lipinski definition) is 8. The summed E-state index contributed by atoms with van der Waals surface area (Å²) in [4.78, 5) is 25.0. The molecule has 13 heteroatoms. The molecule has 0 radical (unpaired) electrons. The van der Waals surface area contributed by atoms with Crippen LogP contribution in [0.2, 0.25) is 0 Å². The molecule has 37 heavy (non-hydrogen) atoms. The number of sulfonamides is 1. The van der Waals surface area contributed by atoms with Gasteiger partial charge in [0, 0.05) is 31.1 Å². The van der Waals surface area contributed by atoms with Crippen molar-refractivity contribution in [3.8, 4) is 0 Å². The molecule has 0 spiro atoms. The quantitative estimate of drug-likeness (QED) is 0.276. The number of hydrazine groups is 1. The predicted octanol–water partition coefficient (Wildman–Crippen LogP) is 2.09. The van der Waals surface area contributed by atoms with Gasteiger partial charge in [0.2, 0.25) is 15.9 Å². The van der Waals surface area contributed by atoms with E-state index in [1.54, 1.807) is 6.08 Å². The molecule has 1 saturated carbocycles. The summed E-state index contributed by atoms with van der Waals surface area (Å²) in [5, 5.41) is 9.31. The second-order valence-electron chi connectivity index (χ2n) is 8.91. The fourth-order valence-corrected chi connectivity index (χ4v) is 6.68. The third kappa shape index (κ3) is 6.78. The Morgan fingerprint density at radius 2 is 1.89 bits per heavy atom. The number of ether oxygens (including phenoxy) is 1. The number of nitrogens with one attached hydrogen (secondary N) is 2. The molecule has 2 fully saturated rings. The molecule has 0 bridgehead atoms. The molecule has 1 aromatic carbocycles. The highest BCUT2D eigenvalue weighted by Crippen LogP contribution is 2.33. The Morgan fingerprint density at radius 3 is 2.62 bits per heavy atom. The highest BCUT2D eigenvalue weighted by molar-refractivity contribution is 7.99. The van der Waals surface area contributed by atoms with Crippen LogP contribution in [-0.2, 0) is 26.1 Å². The lowest BCUT2D eigenvalue weighted by Crippen LogP contribution is -2.43. The lowest BCUT2D eigenvalue weighted by Gasteiger charge is -2.26. The number of rotatable bonds is 9. The van der Waals surface area contributed by atoms with Gasteiger partial charge in [0.15, 0.2) is 5.16 Å². The van der Waals surface area contributed by atoms with Crippen molar-refractivity contribution in [2.75, 3.05) is 32.1 Å². The van der Waals surface area contributed by atoms with Crippen LogP contribution >= 0.6 is 11.8 Å². The van der Waals surface area contributed by atoms with Crippen LogP contribution in [0.3, 0.4) is 0 Å². The summed E-state index contributed by atoms with van der Waals surface area (Å²) in [5.74, 6) is 0.273. The van der Waals surface area contributed by atoms with E-state index in [2.05, 4.69) is 27.6 Å². The minimum atomic E-state index is -3.74. The van der Waals surface area contributed by atoms with Crippen LogP contribution in [0.15, 0.2) is 47.0 Å². The molecule has 1 aliphatic carbocycles. The first-order chi connectivity index (χ1) is 17.9. The summed E-state index contributed by atoms with van der Waals surface area (Å²) >= 11 is 1.23. The number of carbonyl (C=O) groups is 2. The predicted molar refractivity (Wildman–Crippen MR) is 138 cm³/mol. The van der Waals surface area contributed by atoms with E-state index >= 15 is 0 Å². The molecular formula is C24H32N6O5S2. The van der Waals surface area contributed by atoms with Gasteiger partial charge in [-0.15, -0.1) is 16.8 Å². The molecule has 0 unspecified atom stereocenters. The van der Waals surface area contributed by atoms with Crippen LogP contribution in [0.5, 0.6) is 0 Å². The maximum absolute atomic E-state index is 12.9. The van der Waals surface area contributed by atoms with Gasteiger partial charge in [0.25, 0.3) is 5.91 Å². The van der Waals surface area contributed by atoms with Crippen molar-refractivity contribution in [2.24, 2.45) is 0 Å². The average molecular weight is 549 g/mol. The van der Waals surface area contributed by atoms with Crippen molar-refractivity contribution in [1.29, 1.82) is 0 Å². The van der Waals surface area contributed by atoms with Gasteiger partial charge in [-0.2, -0.15) is 4.31 Å². The number of carbonyl (C=O) groups excluding carboxylic acids is 2. The van der Waals surface area contributed by atoms with Gasteiger partial charge in [0.1, 0.15) is 5.82 Å². The fraction of sp³-hybridized carbons (Fsp3) is 0.500. The van der Waals surface area contributed by atoms with E-state index in [0.29, 0.717) is 30.8 Å². The summed E-state index contributed by atoms with van der Waals surface area (Å²) in [7, 11) is -3.74. The summed E-state index contributed by atoms with van der Waals surface area (Å²) < 4.78 is 34.3. The van der Waals surface area contributed by atoms with E-state index in [1.165, 1.54) is 59.6 Å². The zero-order chi connectivity index (χ0) is 26.3. The second-order valence-corrected chi connectivity index (χ2v) is 11.8. The third-order valence-electron chi connectivity index (χ3n) is 6.38. The molecule has 1 saturated heterocycles. The maximum Gasteiger partial charge on any atom is 0.269 e. The molecule has 0 atom stereocenters. The minimum Gasteiger partial charge on any atom is -0.379 e. The van der Waals surface area contributed by atoms with Crippen molar-refractivity contribution in [1.82, 2.24) is 29.9 Å². The molecular weight excluding hydrogens is 516 g/mol. The molecule has 11 nitrogen and oxygen atoms in total. The molecule has 4 rings (SSSR count). The van der Waals surface area contributed by atoms with Crippen LogP contribution in [0.4, 0.5) is 0 Å².